The van der Waals surface area contributed by atoms with Gasteiger partial charge >= 0.3 is 5.97 Å². The van der Waals surface area contributed by atoms with Crippen LogP contribution in [0.4, 0.5) is 5.82 Å². The second-order valence-corrected chi connectivity index (χ2v) is 6.91. The monoisotopic (exact) mass is 373 g/mol. The van der Waals surface area contributed by atoms with Gasteiger partial charge in [0.05, 0.1) is 11.5 Å². The molecule has 0 bridgehead atoms. The number of thiazole rings is 1. The standard InChI is InChI=1S/C16H15N5O4S/c17-10-6-20(7-11(10)22)12-2-1-8-13(23)9(15(24)25)5-21(14(8)19-12)16-18-3-4-26-16/h1-5,10-11,22H,6-7,17H2,(H,24,25). The lowest BCUT2D eigenvalue weighted by molar-refractivity contribution is 0.0695. The first-order valence-electron chi connectivity index (χ1n) is 7.84. The summed E-state index contributed by atoms with van der Waals surface area (Å²) in [6.07, 6.45) is 2.18. The van der Waals surface area contributed by atoms with Crippen LogP contribution in [0.5, 0.6) is 0 Å². The van der Waals surface area contributed by atoms with Crippen molar-refractivity contribution in [2.75, 3.05) is 18.0 Å². The number of nitrogens with zero attached hydrogens (tertiary/aromatic N) is 4. The van der Waals surface area contributed by atoms with E-state index in [0.717, 1.165) is 0 Å². The lowest BCUT2D eigenvalue weighted by atomic mass is 10.2. The number of aliphatic hydroxyl groups excluding tert-OH is 1. The van der Waals surface area contributed by atoms with E-state index in [-0.39, 0.29) is 17.0 Å². The molecule has 0 amide bonds. The molecule has 0 aliphatic carbocycles. The Morgan fingerprint density at radius 3 is 2.77 bits per heavy atom. The fourth-order valence-corrected chi connectivity index (χ4v) is 3.62. The quantitative estimate of drug-likeness (QED) is 0.586. The molecule has 0 spiro atoms. The Bertz CT molecular complexity index is 1040. The van der Waals surface area contributed by atoms with Crippen molar-refractivity contribution in [3.8, 4) is 5.13 Å². The highest BCUT2D eigenvalue weighted by Crippen LogP contribution is 2.23. The topological polar surface area (TPSA) is 135 Å². The molecule has 2 unspecified atom stereocenters. The van der Waals surface area contributed by atoms with Crippen molar-refractivity contribution < 1.29 is 15.0 Å². The summed E-state index contributed by atoms with van der Waals surface area (Å²) in [5, 5.41) is 21.6. The van der Waals surface area contributed by atoms with Crippen molar-refractivity contribution in [3.05, 3.63) is 45.7 Å². The molecule has 1 aliphatic heterocycles. The van der Waals surface area contributed by atoms with Crippen LogP contribution < -0.4 is 16.1 Å². The van der Waals surface area contributed by atoms with E-state index in [4.69, 9.17) is 5.73 Å². The van der Waals surface area contributed by atoms with E-state index >= 15 is 0 Å². The molecular formula is C16H15N5O4S. The normalized spacial score (nSPS) is 20.0. The molecule has 4 heterocycles. The van der Waals surface area contributed by atoms with Crippen molar-refractivity contribution in [2.45, 2.75) is 12.1 Å². The number of aromatic carboxylic acids is 1. The minimum atomic E-state index is -1.31. The fraction of sp³-hybridized carbons (Fsp3) is 0.250. The number of fused-ring (bicyclic) bond motifs is 1. The Hall–Kier alpha value is -2.82. The largest absolute Gasteiger partial charge is 0.477 e. The van der Waals surface area contributed by atoms with Gasteiger partial charge in [-0.1, -0.05) is 0 Å². The second-order valence-electron chi connectivity index (χ2n) is 6.04. The van der Waals surface area contributed by atoms with E-state index in [0.29, 0.717) is 29.7 Å². The van der Waals surface area contributed by atoms with Gasteiger partial charge in [-0.05, 0) is 12.1 Å². The molecule has 1 aliphatic rings. The molecule has 9 nitrogen and oxygen atoms in total. The lowest BCUT2D eigenvalue weighted by Crippen LogP contribution is -2.32. The third-order valence-corrected chi connectivity index (χ3v) is 5.12. The number of carboxylic acid groups (broad SMARTS) is 1. The number of β-amino-alcohol motifs (C(OH)–C–C–N with tert-alkyl or cyclic N) is 1. The van der Waals surface area contributed by atoms with Crippen molar-refractivity contribution in [1.82, 2.24) is 14.5 Å². The number of hydrogen-bond donors (Lipinski definition) is 3. The molecule has 0 radical (unpaired) electrons. The van der Waals surface area contributed by atoms with E-state index in [9.17, 15) is 19.8 Å². The molecule has 4 N–H and O–H groups in total. The van der Waals surface area contributed by atoms with Gasteiger partial charge in [0.15, 0.2) is 10.8 Å². The number of anilines is 1. The van der Waals surface area contributed by atoms with Crippen LogP contribution in [0.1, 0.15) is 10.4 Å². The highest BCUT2D eigenvalue weighted by Gasteiger charge is 2.29. The van der Waals surface area contributed by atoms with Crippen LogP contribution in [0.3, 0.4) is 0 Å². The Labute approximate surface area is 151 Å². The van der Waals surface area contributed by atoms with Gasteiger partial charge in [0, 0.05) is 36.9 Å². The van der Waals surface area contributed by atoms with Crippen LogP contribution in [-0.2, 0) is 0 Å². The zero-order valence-corrected chi connectivity index (χ0v) is 14.3. The molecule has 4 rings (SSSR count). The molecule has 26 heavy (non-hydrogen) atoms. The molecule has 3 aromatic heterocycles. The summed E-state index contributed by atoms with van der Waals surface area (Å²) in [5.41, 5.74) is 5.22. The van der Waals surface area contributed by atoms with E-state index in [2.05, 4.69) is 9.97 Å². The van der Waals surface area contributed by atoms with Gasteiger partial charge in [-0.2, -0.15) is 0 Å². The summed E-state index contributed by atoms with van der Waals surface area (Å²) < 4.78 is 1.50. The van der Waals surface area contributed by atoms with Crippen LogP contribution >= 0.6 is 11.3 Å². The first-order valence-corrected chi connectivity index (χ1v) is 8.72. The summed E-state index contributed by atoms with van der Waals surface area (Å²) >= 11 is 1.30. The first-order chi connectivity index (χ1) is 12.5. The van der Waals surface area contributed by atoms with Crippen LogP contribution in [-0.4, -0.2) is 56.0 Å². The van der Waals surface area contributed by atoms with Crippen LogP contribution in [0.15, 0.2) is 34.7 Å². The molecule has 10 heteroatoms. The minimum Gasteiger partial charge on any atom is -0.477 e. The number of hydrogen-bond acceptors (Lipinski definition) is 8. The minimum absolute atomic E-state index is 0.188. The molecule has 1 fully saturated rings. The van der Waals surface area contributed by atoms with Crippen molar-refractivity contribution in [1.29, 1.82) is 0 Å². The zero-order chi connectivity index (χ0) is 18.4. The smallest absolute Gasteiger partial charge is 0.341 e. The summed E-state index contributed by atoms with van der Waals surface area (Å²) in [5.74, 6) is -0.753. The van der Waals surface area contributed by atoms with Crippen LogP contribution in [0, 0.1) is 0 Å². The Kier molecular flexibility index (Phi) is 3.94. The predicted molar refractivity (Wildman–Crippen MR) is 96.2 cm³/mol. The third kappa shape index (κ3) is 2.64. The summed E-state index contributed by atoms with van der Waals surface area (Å²) in [6, 6.07) is 2.81. The number of carbonyl (C=O) groups is 1. The van der Waals surface area contributed by atoms with Gasteiger partial charge in [0.2, 0.25) is 5.43 Å². The SMILES string of the molecule is NC1CN(c2ccc3c(=O)c(C(=O)O)cn(-c4nccs4)c3n2)CC1O. The van der Waals surface area contributed by atoms with E-state index in [1.807, 2.05) is 4.90 Å². The number of aromatic nitrogens is 3. The van der Waals surface area contributed by atoms with Crippen LogP contribution in [0.2, 0.25) is 0 Å². The average molecular weight is 373 g/mol. The zero-order valence-electron chi connectivity index (χ0n) is 13.4. The molecule has 3 aromatic rings. The molecule has 1 saturated heterocycles. The Morgan fingerprint density at radius 2 is 2.15 bits per heavy atom. The third-order valence-electron chi connectivity index (χ3n) is 4.35. The first kappa shape index (κ1) is 16.6. The Morgan fingerprint density at radius 1 is 1.35 bits per heavy atom. The molecule has 0 saturated carbocycles. The van der Waals surface area contributed by atoms with Crippen molar-refractivity contribution in [2.24, 2.45) is 5.73 Å². The van der Waals surface area contributed by atoms with Gasteiger partial charge in [-0.15, -0.1) is 11.3 Å². The maximum Gasteiger partial charge on any atom is 0.341 e. The average Bonchev–Trinajstić information content (AvgIpc) is 3.25. The molecule has 2 atom stereocenters. The summed E-state index contributed by atoms with van der Waals surface area (Å²) in [6.45, 7) is 0.780. The number of aliphatic hydroxyl groups is 1. The molecular weight excluding hydrogens is 358 g/mol. The summed E-state index contributed by atoms with van der Waals surface area (Å²) in [4.78, 5) is 34.5. The Balaban J connectivity index is 1.94. The van der Waals surface area contributed by atoms with E-state index < -0.39 is 17.5 Å². The van der Waals surface area contributed by atoms with Crippen molar-refractivity contribution >= 4 is 34.2 Å². The fourth-order valence-electron chi connectivity index (χ4n) is 3.00. The molecule has 134 valence electrons. The number of nitrogens with two attached hydrogens (primary N) is 1. The number of carboxylic acids is 1. The van der Waals surface area contributed by atoms with Crippen molar-refractivity contribution in [3.63, 3.8) is 0 Å². The second kappa shape index (κ2) is 6.16. The van der Waals surface area contributed by atoms with Gasteiger partial charge in [0.25, 0.3) is 0 Å². The number of rotatable bonds is 3. The van der Waals surface area contributed by atoms with Gasteiger partial charge in [0.1, 0.15) is 11.4 Å². The maximum atomic E-state index is 12.5. The van der Waals surface area contributed by atoms with E-state index in [1.165, 1.54) is 22.1 Å². The highest BCUT2D eigenvalue weighted by molar-refractivity contribution is 7.12. The number of pyridine rings is 2. The van der Waals surface area contributed by atoms with Gasteiger partial charge < -0.3 is 20.8 Å². The van der Waals surface area contributed by atoms with Gasteiger partial charge in [-0.25, -0.2) is 14.8 Å². The summed E-state index contributed by atoms with van der Waals surface area (Å²) in [7, 11) is 0. The molecule has 0 aromatic carbocycles. The van der Waals surface area contributed by atoms with Crippen LogP contribution in [0.25, 0.3) is 16.2 Å². The lowest BCUT2D eigenvalue weighted by Gasteiger charge is -2.18. The maximum absolute atomic E-state index is 12.5. The van der Waals surface area contributed by atoms with E-state index in [1.54, 1.807) is 23.7 Å². The predicted octanol–water partition coefficient (Wildman–Crippen LogP) is 0.0486. The van der Waals surface area contributed by atoms with Gasteiger partial charge in [-0.3, -0.25) is 9.36 Å². The highest BCUT2D eigenvalue weighted by atomic mass is 32.1.